The summed E-state index contributed by atoms with van der Waals surface area (Å²) in [7, 11) is -3.73. The maximum absolute atomic E-state index is 13.6. The highest BCUT2D eigenvalue weighted by molar-refractivity contribution is 7.92. The quantitative estimate of drug-likeness (QED) is 0.894. The summed E-state index contributed by atoms with van der Waals surface area (Å²) in [6, 6.07) is 1.45. The Morgan fingerprint density at radius 1 is 1.40 bits per heavy atom. The van der Waals surface area contributed by atoms with E-state index >= 15 is 0 Å². The fourth-order valence-electron chi connectivity index (χ4n) is 2.21. The number of benzene rings is 1. The van der Waals surface area contributed by atoms with Crippen LogP contribution in [0.1, 0.15) is 12.8 Å². The standard InChI is InChI=1S/C12H15ClF2N2O2S/c13-10-4-9(14)5-11(15)12(10)17-20(18,19)7-8-2-1-3-16-6-8/h4-5,8,16-17H,1-3,6-7H2. The number of sulfonamides is 1. The van der Waals surface area contributed by atoms with Crippen LogP contribution in [0.3, 0.4) is 0 Å². The Bertz CT molecular complexity index is 566. The van der Waals surface area contributed by atoms with Crippen molar-refractivity contribution in [3.63, 3.8) is 0 Å². The molecule has 1 aromatic rings. The van der Waals surface area contributed by atoms with Crippen molar-refractivity contribution < 1.29 is 17.2 Å². The minimum atomic E-state index is -3.73. The van der Waals surface area contributed by atoms with Crippen molar-refractivity contribution in [1.29, 1.82) is 0 Å². The van der Waals surface area contributed by atoms with E-state index in [0.717, 1.165) is 25.5 Å². The van der Waals surface area contributed by atoms with E-state index in [1.165, 1.54) is 0 Å². The van der Waals surface area contributed by atoms with Gasteiger partial charge in [-0.2, -0.15) is 0 Å². The lowest BCUT2D eigenvalue weighted by atomic mass is 10.0. The Kier molecular flexibility index (Phi) is 4.82. The van der Waals surface area contributed by atoms with Crippen molar-refractivity contribution in [3.05, 3.63) is 28.8 Å². The van der Waals surface area contributed by atoms with Gasteiger partial charge in [-0.25, -0.2) is 17.2 Å². The van der Waals surface area contributed by atoms with Crippen LogP contribution in [0.2, 0.25) is 5.02 Å². The van der Waals surface area contributed by atoms with Gasteiger partial charge in [0.25, 0.3) is 0 Å². The van der Waals surface area contributed by atoms with Crippen molar-refractivity contribution in [2.45, 2.75) is 12.8 Å². The summed E-state index contributed by atoms with van der Waals surface area (Å²) < 4.78 is 52.6. The Labute approximate surface area is 121 Å². The summed E-state index contributed by atoms with van der Waals surface area (Å²) in [5.74, 6) is -2.02. The number of hydrogen-bond donors (Lipinski definition) is 2. The highest BCUT2D eigenvalue weighted by Crippen LogP contribution is 2.27. The van der Waals surface area contributed by atoms with Crippen LogP contribution in [-0.2, 0) is 10.0 Å². The van der Waals surface area contributed by atoms with Gasteiger partial charge in [0.2, 0.25) is 10.0 Å². The number of anilines is 1. The molecule has 1 fully saturated rings. The Hall–Kier alpha value is -0.920. The maximum Gasteiger partial charge on any atom is 0.233 e. The van der Waals surface area contributed by atoms with Crippen molar-refractivity contribution in [2.75, 3.05) is 23.6 Å². The zero-order chi connectivity index (χ0) is 14.8. The smallest absolute Gasteiger partial charge is 0.233 e. The molecule has 1 aliphatic rings. The fourth-order valence-corrected chi connectivity index (χ4v) is 4.02. The van der Waals surface area contributed by atoms with Crippen LogP contribution in [0.25, 0.3) is 0 Å². The Balaban J connectivity index is 2.11. The van der Waals surface area contributed by atoms with Gasteiger partial charge in [0, 0.05) is 6.07 Å². The number of halogens is 3. The molecule has 0 aliphatic carbocycles. The summed E-state index contributed by atoms with van der Waals surface area (Å²) in [4.78, 5) is 0. The highest BCUT2D eigenvalue weighted by atomic mass is 35.5. The van der Waals surface area contributed by atoms with Gasteiger partial charge in [0.1, 0.15) is 11.5 Å². The molecule has 0 spiro atoms. The molecule has 1 unspecified atom stereocenters. The normalized spacial score (nSPS) is 19.9. The lowest BCUT2D eigenvalue weighted by molar-refractivity contribution is 0.404. The van der Waals surface area contributed by atoms with Crippen LogP contribution in [0.15, 0.2) is 12.1 Å². The van der Waals surface area contributed by atoms with E-state index in [9.17, 15) is 17.2 Å². The molecular formula is C12H15ClF2N2O2S. The van der Waals surface area contributed by atoms with E-state index in [0.29, 0.717) is 12.6 Å². The molecule has 2 rings (SSSR count). The molecule has 2 N–H and O–H groups in total. The van der Waals surface area contributed by atoms with Crippen LogP contribution in [-0.4, -0.2) is 27.3 Å². The largest absolute Gasteiger partial charge is 0.316 e. The average Bonchev–Trinajstić information content (AvgIpc) is 2.34. The summed E-state index contributed by atoms with van der Waals surface area (Å²) >= 11 is 5.66. The van der Waals surface area contributed by atoms with Gasteiger partial charge in [-0.05, 0) is 37.9 Å². The number of nitrogens with one attached hydrogen (secondary N) is 2. The monoisotopic (exact) mass is 324 g/mol. The SMILES string of the molecule is O=S(=O)(CC1CCCNC1)Nc1c(F)cc(F)cc1Cl. The first kappa shape index (κ1) is 15.5. The second kappa shape index (κ2) is 6.24. The molecule has 20 heavy (non-hydrogen) atoms. The summed E-state index contributed by atoms with van der Waals surface area (Å²) in [6.07, 6.45) is 1.71. The molecule has 0 aromatic heterocycles. The van der Waals surface area contributed by atoms with E-state index in [1.54, 1.807) is 0 Å². The molecule has 1 saturated heterocycles. The fraction of sp³-hybridized carbons (Fsp3) is 0.500. The van der Waals surface area contributed by atoms with Crippen LogP contribution < -0.4 is 10.0 Å². The second-order valence-electron chi connectivity index (χ2n) is 4.84. The molecule has 0 bridgehead atoms. The van der Waals surface area contributed by atoms with E-state index in [2.05, 4.69) is 10.0 Å². The third-order valence-electron chi connectivity index (χ3n) is 3.12. The van der Waals surface area contributed by atoms with Gasteiger partial charge in [0.15, 0.2) is 5.82 Å². The lowest BCUT2D eigenvalue weighted by Gasteiger charge is -2.22. The van der Waals surface area contributed by atoms with Gasteiger partial charge in [-0.3, -0.25) is 4.72 Å². The van der Waals surface area contributed by atoms with Gasteiger partial charge >= 0.3 is 0 Å². The molecule has 8 heteroatoms. The van der Waals surface area contributed by atoms with Crippen LogP contribution in [0, 0.1) is 17.6 Å². The topological polar surface area (TPSA) is 58.2 Å². The van der Waals surface area contributed by atoms with E-state index in [-0.39, 0.29) is 16.7 Å². The molecule has 1 atom stereocenters. The first-order valence-corrected chi connectivity index (χ1v) is 8.26. The van der Waals surface area contributed by atoms with Crippen molar-refractivity contribution in [2.24, 2.45) is 5.92 Å². The molecule has 0 amide bonds. The predicted octanol–water partition coefficient (Wildman–Crippen LogP) is 2.36. The third-order valence-corrected chi connectivity index (χ3v) is 4.84. The molecule has 112 valence electrons. The molecule has 4 nitrogen and oxygen atoms in total. The molecule has 1 heterocycles. The zero-order valence-electron chi connectivity index (χ0n) is 10.6. The summed E-state index contributed by atoms with van der Waals surface area (Å²) in [5.41, 5.74) is -0.406. The van der Waals surface area contributed by atoms with E-state index in [4.69, 9.17) is 11.6 Å². The predicted molar refractivity (Wildman–Crippen MR) is 74.4 cm³/mol. The molecule has 0 saturated carbocycles. The summed E-state index contributed by atoms with van der Waals surface area (Å²) in [5, 5.41) is 2.81. The first-order chi connectivity index (χ1) is 9.37. The van der Waals surface area contributed by atoms with Gasteiger partial charge in [0.05, 0.1) is 10.8 Å². The van der Waals surface area contributed by atoms with Gasteiger partial charge < -0.3 is 5.32 Å². The summed E-state index contributed by atoms with van der Waals surface area (Å²) in [6.45, 7) is 1.49. The van der Waals surface area contributed by atoms with Crippen molar-refractivity contribution in [1.82, 2.24) is 5.32 Å². The van der Waals surface area contributed by atoms with E-state index in [1.807, 2.05) is 0 Å². The molecule has 1 aromatic carbocycles. The number of rotatable bonds is 4. The van der Waals surface area contributed by atoms with Crippen molar-refractivity contribution >= 4 is 27.3 Å². The first-order valence-electron chi connectivity index (χ1n) is 6.23. The molecule has 0 radical (unpaired) electrons. The third kappa shape index (κ3) is 4.04. The van der Waals surface area contributed by atoms with Gasteiger partial charge in [-0.1, -0.05) is 11.6 Å². The van der Waals surface area contributed by atoms with Crippen LogP contribution in [0.5, 0.6) is 0 Å². The number of piperidine rings is 1. The number of hydrogen-bond acceptors (Lipinski definition) is 3. The Morgan fingerprint density at radius 2 is 2.15 bits per heavy atom. The second-order valence-corrected chi connectivity index (χ2v) is 7.01. The molecular weight excluding hydrogens is 310 g/mol. The van der Waals surface area contributed by atoms with Crippen molar-refractivity contribution in [3.8, 4) is 0 Å². The van der Waals surface area contributed by atoms with Gasteiger partial charge in [-0.15, -0.1) is 0 Å². The molecule has 1 aliphatic heterocycles. The van der Waals surface area contributed by atoms with E-state index < -0.39 is 27.3 Å². The minimum Gasteiger partial charge on any atom is -0.316 e. The minimum absolute atomic E-state index is 0.0245. The highest BCUT2D eigenvalue weighted by Gasteiger charge is 2.23. The lowest BCUT2D eigenvalue weighted by Crippen LogP contribution is -2.35. The average molecular weight is 325 g/mol. The maximum atomic E-state index is 13.6. The zero-order valence-corrected chi connectivity index (χ0v) is 12.2. The van der Waals surface area contributed by atoms with Crippen LogP contribution in [0.4, 0.5) is 14.5 Å². The Morgan fingerprint density at radius 3 is 2.75 bits per heavy atom. The van der Waals surface area contributed by atoms with Crippen LogP contribution >= 0.6 is 11.6 Å².